The molecule has 0 aliphatic carbocycles. The molecule has 2 N–H and O–H groups in total. The van der Waals surface area contributed by atoms with Gasteiger partial charge in [-0.3, -0.25) is 4.79 Å². The highest BCUT2D eigenvalue weighted by Crippen LogP contribution is 2.18. The van der Waals surface area contributed by atoms with E-state index in [-0.39, 0.29) is 12.4 Å². The standard InChI is InChI=1S/C11H9ClFN3O3/c12-8-2-1-6(3-7(8)4-13)5-14-9(17)10-15-16-11(18)19-10/h1-3H,4-5H2,(H,14,17)(H,16,18). The van der Waals surface area contributed by atoms with Gasteiger partial charge in [-0.05, 0) is 17.7 Å². The second-order valence-corrected chi connectivity index (χ2v) is 4.07. The Morgan fingerprint density at radius 3 is 2.95 bits per heavy atom. The summed E-state index contributed by atoms with van der Waals surface area (Å²) in [5.41, 5.74) is 1.02. The largest absolute Gasteiger partial charge is 0.434 e. The maximum atomic E-state index is 12.6. The van der Waals surface area contributed by atoms with Gasteiger partial charge in [0.1, 0.15) is 6.67 Å². The SMILES string of the molecule is O=C(NCc1ccc(Cl)c(CF)c1)c1n[nH]c(=O)o1. The Morgan fingerprint density at radius 2 is 2.32 bits per heavy atom. The molecule has 0 atom stereocenters. The van der Waals surface area contributed by atoms with Crippen LogP contribution in [0, 0.1) is 0 Å². The van der Waals surface area contributed by atoms with E-state index in [1.807, 2.05) is 5.10 Å². The number of alkyl halides is 1. The number of nitrogens with zero attached hydrogens (tertiary/aromatic N) is 1. The van der Waals surface area contributed by atoms with E-state index in [1.54, 1.807) is 18.2 Å². The third-order valence-electron chi connectivity index (χ3n) is 2.34. The van der Waals surface area contributed by atoms with Gasteiger partial charge in [0.05, 0.1) is 0 Å². The molecule has 0 bridgehead atoms. The fourth-order valence-electron chi connectivity index (χ4n) is 1.43. The first-order valence-electron chi connectivity index (χ1n) is 5.27. The van der Waals surface area contributed by atoms with Crippen LogP contribution in [-0.4, -0.2) is 16.1 Å². The number of aromatic amines is 1. The molecule has 0 saturated heterocycles. The molecule has 1 aromatic carbocycles. The van der Waals surface area contributed by atoms with Crippen molar-refractivity contribution < 1.29 is 13.6 Å². The van der Waals surface area contributed by atoms with E-state index >= 15 is 0 Å². The first-order valence-corrected chi connectivity index (χ1v) is 5.65. The van der Waals surface area contributed by atoms with Crippen molar-refractivity contribution in [3.8, 4) is 0 Å². The number of carbonyl (C=O) groups excluding carboxylic acids is 1. The smallest absolute Gasteiger partial charge is 0.383 e. The average molecular weight is 286 g/mol. The van der Waals surface area contributed by atoms with E-state index in [0.29, 0.717) is 16.1 Å². The van der Waals surface area contributed by atoms with E-state index in [1.165, 1.54) is 0 Å². The number of carbonyl (C=O) groups is 1. The summed E-state index contributed by atoms with van der Waals surface area (Å²) < 4.78 is 17.1. The number of hydrogen-bond donors (Lipinski definition) is 2. The quantitative estimate of drug-likeness (QED) is 0.889. The third kappa shape index (κ3) is 3.19. The third-order valence-corrected chi connectivity index (χ3v) is 2.71. The van der Waals surface area contributed by atoms with Crippen LogP contribution < -0.4 is 11.1 Å². The first-order chi connectivity index (χ1) is 9.10. The van der Waals surface area contributed by atoms with Crippen molar-refractivity contribution in [2.24, 2.45) is 0 Å². The molecule has 19 heavy (non-hydrogen) atoms. The second-order valence-electron chi connectivity index (χ2n) is 3.66. The van der Waals surface area contributed by atoms with Crippen molar-refractivity contribution in [3.05, 3.63) is 50.8 Å². The van der Waals surface area contributed by atoms with Crippen LogP contribution in [0.3, 0.4) is 0 Å². The molecule has 0 spiro atoms. The summed E-state index contributed by atoms with van der Waals surface area (Å²) in [5.74, 6) is -1.81. The molecule has 8 heteroatoms. The van der Waals surface area contributed by atoms with Gasteiger partial charge in [0.25, 0.3) is 0 Å². The zero-order chi connectivity index (χ0) is 13.8. The molecule has 0 aliphatic rings. The summed E-state index contributed by atoms with van der Waals surface area (Å²) in [6.45, 7) is -0.547. The minimum Gasteiger partial charge on any atom is -0.383 e. The van der Waals surface area contributed by atoms with Gasteiger partial charge in [-0.15, -0.1) is 5.10 Å². The minimum absolute atomic E-state index is 0.138. The summed E-state index contributed by atoms with van der Waals surface area (Å²) >= 11 is 5.77. The predicted molar refractivity (Wildman–Crippen MR) is 64.6 cm³/mol. The molecule has 0 radical (unpaired) electrons. The summed E-state index contributed by atoms with van der Waals surface area (Å²) in [7, 11) is 0. The molecular weight excluding hydrogens is 277 g/mol. The fraction of sp³-hybridized carbons (Fsp3) is 0.182. The van der Waals surface area contributed by atoms with Crippen LogP contribution in [0.1, 0.15) is 21.8 Å². The minimum atomic E-state index is -0.809. The molecule has 0 aliphatic heterocycles. The first kappa shape index (κ1) is 13.3. The molecule has 1 amide bonds. The Balaban J connectivity index is 2.02. The monoisotopic (exact) mass is 285 g/mol. The Bertz CT molecular complexity index is 653. The Hall–Kier alpha value is -2.15. The molecule has 0 saturated carbocycles. The summed E-state index contributed by atoms with van der Waals surface area (Å²) in [4.78, 5) is 22.2. The highest BCUT2D eigenvalue weighted by atomic mass is 35.5. The lowest BCUT2D eigenvalue weighted by molar-refractivity contribution is 0.0914. The van der Waals surface area contributed by atoms with Gasteiger partial charge in [-0.2, -0.15) is 0 Å². The van der Waals surface area contributed by atoms with Crippen LogP contribution >= 0.6 is 11.6 Å². The number of halogens is 2. The van der Waals surface area contributed by atoms with E-state index < -0.39 is 18.3 Å². The van der Waals surface area contributed by atoms with Crippen molar-refractivity contribution in [1.82, 2.24) is 15.5 Å². The molecule has 0 unspecified atom stereocenters. The van der Waals surface area contributed by atoms with Crippen molar-refractivity contribution in [3.63, 3.8) is 0 Å². The molecule has 0 fully saturated rings. The van der Waals surface area contributed by atoms with Gasteiger partial charge >= 0.3 is 17.6 Å². The van der Waals surface area contributed by atoms with Gasteiger partial charge in [-0.25, -0.2) is 14.3 Å². The number of rotatable bonds is 4. The van der Waals surface area contributed by atoms with Crippen LogP contribution in [0.4, 0.5) is 4.39 Å². The lowest BCUT2D eigenvalue weighted by atomic mass is 10.1. The van der Waals surface area contributed by atoms with Crippen LogP contribution in [0.25, 0.3) is 0 Å². The van der Waals surface area contributed by atoms with E-state index in [4.69, 9.17) is 11.6 Å². The highest BCUT2D eigenvalue weighted by molar-refractivity contribution is 6.31. The van der Waals surface area contributed by atoms with Crippen molar-refractivity contribution >= 4 is 17.5 Å². The Labute approximate surface area is 111 Å². The van der Waals surface area contributed by atoms with Crippen LogP contribution in [0.5, 0.6) is 0 Å². The summed E-state index contributed by atoms with van der Waals surface area (Å²) in [5, 5.41) is 8.16. The number of aromatic nitrogens is 2. The average Bonchev–Trinajstić information content (AvgIpc) is 2.84. The zero-order valence-corrected chi connectivity index (χ0v) is 10.3. The van der Waals surface area contributed by atoms with Gasteiger partial charge < -0.3 is 9.73 Å². The van der Waals surface area contributed by atoms with Crippen LogP contribution in [0.2, 0.25) is 5.02 Å². The summed E-state index contributed by atoms with van der Waals surface area (Å²) in [6, 6.07) is 4.75. The fourth-order valence-corrected chi connectivity index (χ4v) is 1.59. The molecule has 1 aromatic heterocycles. The van der Waals surface area contributed by atoms with E-state index in [0.717, 1.165) is 0 Å². The topological polar surface area (TPSA) is 88.0 Å². The molecule has 1 heterocycles. The number of nitrogens with one attached hydrogen (secondary N) is 2. The molecular formula is C11H9ClFN3O3. The highest BCUT2D eigenvalue weighted by Gasteiger charge is 2.12. The van der Waals surface area contributed by atoms with Crippen molar-refractivity contribution in [2.45, 2.75) is 13.2 Å². The zero-order valence-electron chi connectivity index (χ0n) is 9.57. The predicted octanol–water partition coefficient (Wildman–Crippen LogP) is 1.42. The summed E-state index contributed by atoms with van der Waals surface area (Å²) in [6.07, 6.45) is 0. The molecule has 100 valence electrons. The van der Waals surface area contributed by atoms with Crippen LogP contribution in [0.15, 0.2) is 27.4 Å². The Morgan fingerprint density at radius 1 is 1.53 bits per heavy atom. The number of benzene rings is 1. The van der Waals surface area contributed by atoms with Crippen molar-refractivity contribution in [2.75, 3.05) is 0 Å². The van der Waals surface area contributed by atoms with Gasteiger partial charge in [-0.1, -0.05) is 17.7 Å². The van der Waals surface area contributed by atoms with Gasteiger partial charge in [0.2, 0.25) is 0 Å². The lowest BCUT2D eigenvalue weighted by Crippen LogP contribution is -2.23. The molecule has 6 nitrogen and oxygen atoms in total. The van der Waals surface area contributed by atoms with Crippen molar-refractivity contribution in [1.29, 1.82) is 0 Å². The Kier molecular flexibility index (Phi) is 3.96. The number of amides is 1. The number of hydrogen-bond acceptors (Lipinski definition) is 4. The second kappa shape index (κ2) is 5.66. The molecule has 2 aromatic rings. The lowest BCUT2D eigenvalue weighted by Gasteiger charge is -2.05. The van der Waals surface area contributed by atoms with Gasteiger partial charge in [0.15, 0.2) is 0 Å². The van der Waals surface area contributed by atoms with Crippen LogP contribution in [-0.2, 0) is 13.2 Å². The molecule has 2 rings (SSSR count). The van der Waals surface area contributed by atoms with E-state index in [2.05, 4.69) is 14.8 Å². The van der Waals surface area contributed by atoms with Gasteiger partial charge in [0, 0.05) is 17.1 Å². The maximum absolute atomic E-state index is 12.6. The number of H-pyrrole nitrogens is 1. The normalized spacial score (nSPS) is 10.4. The van der Waals surface area contributed by atoms with E-state index in [9.17, 15) is 14.0 Å². The maximum Gasteiger partial charge on any atom is 0.434 e.